The lowest BCUT2D eigenvalue weighted by molar-refractivity contribution is -0.111. The molecule has 1 atom stereocenters. The summed E-state index contributed by atoms with van der Waals surface area (Å²) in [6.45, 7) is 2.54. The fraction of sp³-hybridized carbons (Fsp3) is 0.176. The van der Waals surface area contributed by atoms with Crippen LogP contribution in [0, 0.1) is 6.92 Å². The van der Waals surface area contributed by atoms with Crippen molar-refractivity contribution in [1.29, 1.82) is 0 Å². The molecule has 0 fully saturated rings. The van der Waals surface area contributed by atoms with Gasteiger partial charge >= 0.3 is 0 Å². The molecule has 0 radical (unpaired) electrons. The first-order valence-corrected chi connectivity index (χ1v) is 7.61. The Morgan fingerprint density at radius 2 is 2.13 bits per heavy atom. The zero-order valence-corrected chi connectivity index (χ0v) is 13.4. The first-order chi connectivity index (χ1) is 11.1. The van der Waals surface area contributed by atoms with Gasteiger partial charge in [0.15, 0.2) is 12.5 Å². The van der Waals surface area contributed by atoms with Gasteiger partial charge in [-0.1, -0.05) is 29.8 Å². The lowest BCUT2D eigenvalue weighted by Gasteiger charge is -2.26. The monoisotopic (exact) mass is 328 g/mol. The number of nitrogens with zero attached hydrogens (tertiary/aromatic N) is 3. The summed E-state index contributed by atoms with van der Waals surface area (Å²) < 4.78 is 0. The quantitative estimate of drug-likeness (QED) is 0.692. The summed E-state index contributed by atoms with van der Waals surface area (Å²) in [6.07, 6.45) is 2.05. The first-order valence-electron chi connectivity index (χ1n) is 7.23. The molecule has 1 aliphatic rings. The zero-order valence-electron chi connectivity index (χ0n) is 12.7. The van der Waals surface area contributed by atoms with Crippen molar-refractivity contribution in [3.8, 4) is 0 Å². The minimum Gasteiger partial charge on any atom is -0.399 e. The van der Waals surface area contributed by atoms with E-state index in [1.165, 1.54) is 0 Å². The second-order valence-electron chi connectivity index (χ2n) is 5.47. The highest BCUT2D eigenvalue weighted by Gasteiger charge is 2.28. The topological polar surface area (TPSA) is 61.9 Å². The number of aryl methyl sites for hydroxylation is 1. The van der Waals surface area contributed by atoms with Crippen molar-refractivity contribution < 1.29 is 4.79 Å². The number of carbonyl (C=O) groups is 1. The van der Waals surface area contributed by atoms with Gasteiger partial charge in [0.25, 0.3) is 0 Å². The van der Waals surface area contributed by atoms with Gasteiger partial charge in [0.1, 0.15) is 6.34 Å². The van der Waals surface area contributed by atoms with Gasteiger partial charge < -0.3 is 10.6 Å². The molecule has 0 saturated heterocycles. The molecule has 0 saturated carbocycles. The molecule has 0 spiro atoms. The van der Waals surface area contributed by atoms with E-state index in [9.17, 15) is 4.79 Å². The molecule has 0 amide bonds. The van der Waals surface area contributed by atoms with Crippen LogP contribution in [0.2, 0.25) is 5.02 Å². The molecule has 0 aliphatic carbocycles. The molecule has 118 valence electrons. The molecule has 23 heavy (non-hydrogen) atoms. The number of nitrogen functional groups attached to an aromatic ring is 1. The molecule has 1 unspecified atom stereocenters. The number of aldehydes is 1. The fourth-order valence-electron chi connectivity index (χ4n) is 2.55. The second kappa shape index (κ2) is 6.30. The maximum absolute atomic E-state index is 11.6. The molecular formula is C17H17ClN4O. The lowest BCUT2D eigenvalue weighted by Crippen LogP contribution is -2.40. The van der Waals surface area contributed by atoms with Crippen molar-refractivity contribution >= 4 is 35.6 Å². The van der Waals surface area contributed by atoms with Gasteiger partial charge in [-0.3, -0.25) is 4.79 Å². The number of nitrogens with two attached hydrogens (primary N) is 1. The molecule has 2 aromatic carbocycles. The van der Waals surface area contributed by atoms with Gasteiger partial charge in [0.2, 0.25) is 0 Å². The minimum atomic E-state index is -0.494. The van der Waals surface area contributed by atoms with E-state index >= 15 is 0 Å². The number of rotatable bonds is 4. The van der Waals surface area contributed by atoms with E-state index in [4.69, 9.17) is 17.3 Å². The maximum atomic E-state index is 11.6. The minimum absolute atomic E-state index is 0.494. The summed E-state index contributed by atoms with van der Waals surface area (Å²) in [5.41, 5.74) is 9.48. The van der Waals surface area contributed by atoms with Crippen LogP contribution in [0.4, 0.5) is 11.4 Å². The second-order valence-corrected chi connectivity index (χ2v) is 5.90. The zero-order chi connectivity index (χ0) is 16.4. The first kappa shape index (κ1) is 15.4. The Morgan fingerprint density at radius 1 is 1.30 bits per heavy atom. The van der Waals surface area contributed by atoms with Crippen LogP contribution in [-0.4, -0.2) is 23.7 Å². The van der Waals surface area contributed by atoms with E-state index < -0.39 is 6.17 Å². The lowest BCUT2D eigenvalue weighted by atomic mass is 10.1. The fourth-order valence-corrected chi connectivity index (χ4v) is 2.74. The van der Waals surface area contributed by atoms with Crippen molar-refractivity contribution in [1.82, 2.24) is 4.90 Å². The van der Waals surface area contributed by atoms with Crippen LogP contribution in [-0.2, 0) is 11.3 Å². The Labute approximate surface area is 139 Å². The number of hydrazone groups is 1. The van der Waals surface area contributed by atoms with Crippen LogP contribution >= 0.6 is 11.6 Å². The van der Waals surface area contributed by atoms with Crippen LogP contribution in [0.3, 0.4) is 0 Å². The van der Waals surface area contributed by atoms with Gasteiger partial charge in [-0.25, -0.2) is 5.01 Å². The number of anilines is 2. The van der Waals surface area contributed by atoms with Crippen molar-refractivity contribution in [2.45, 2.75) is 19.6 Å². The standard InChI is InChI=1S/C17H17ClN4O/c1-12-7-13(5-6-16(12)19)9-21-11-20-22(17(21)10-23)15-4-2-3-14(18)8-15/h2-8,10-11,17H,9,19H2,1H3. The molecule has 5 nitrogen and oxygen atoms in total. The van der Waals surface area contributed by atoms with Crippen molar-refractivity contribution in [3.05, 3.63) is 58.6 Å². The summed E-state index contributed by atoms with van der Waals surface area (Å²) in [5.74, 6) is 0. The number of hydrogen-bond donors (Lipinski definition) is 1. The third-order valence-corrected chi connectivity index (χ3v) is 4.04. The molecule has 1 aliphatic heterocycles. The average molecular weight is 329 g/mol. The predicted molar refractivity (Wildman–Crippen MR) is 93.4 cm³/mol. The molecule has 3 rings (SSSR count). The largest absolute Gasteiger partial charge is 0.399 e. The molecule has 6 heteroatoms. The van der Waals surface area contributed by atoms with Gasteiger partial charge in [0, 0.05) is 17.3 Å². The maximum Gasteiger partial charge on any atom is 0.181 e. The highest BCUT2D eigenvalue weighted by molar-refractivity contribution is 6.30. The Balaban J connectivity index is 1.81. The summed E-state index contributed by atoms with van der Waals surface area (Å²) in [6, 6.07) is 13.1. The summed E-state index contributed by atoms with van der Waals surface area (Å²) in [5, 5.41) is 6.60. The van der Waals surface area contributed by atoms with Crippen molar-refractivity contribution in [3.63, 3.8) is 0 Å². The normalized spacial score (nSPS) is 16.9. The molecule has 2 N–H and O–H groups in total. The molecule has 1 heterocycles. The van der Waals surface area contributed by atoms with Crippen LogP contribution in [0.1, 0.15) is 11.1 Å². The third-order valence-electron chi connectivity index (χ3n) is 3.81. The van der Waals surface area contributed by atoms with Gasteiger partial charge in [-0.15, -0.1) is 0 Å². The van der Waals surface area contributed by atoms with Crippen molar-refractivity contribution in [2.24, 2.45) is 5.10 Å². The third kappa shape index (κ3) is 3.14. The average Bonchev–Trinajstić information content (AvgIpc) is 2.93. The molecule has 2 aromatic rings. The Bertz CT molecular complexity index is 762. The highest BCUT2D eigenvalue weighted by Crippen LogP contribution is 2.26. The molecule has 0 bridgehead atoms. The van der Waals surface area contributed by atoms with E-state index in [2.05, 4.69) is 5.10 Å². The van der Waals surface area contributed by atoms with E-state index in [1.54, 1.807) is 23.5 Å². The van der Waals surface area contributed by atoms with Crippen molar-refractivity contribution in [2.75, 3.05) is 10.7 Å². The van der Waals surface area contributed by atoms with Gasteiger partial charge in [0.05, 0.1) is 5.69 Å². The van der Waals surface area contributed by atoms with Crippen LogP contribution in [0.25, 0.3) is 0 Å². The highest BCUT2D eigenvalue weighted by atomic mass is 35.5. The number of benzene rings is 2. The predicted octanol–water partition coefficient (Wildman–Crippen LogP) is 3.02. The van der Waals surface area contributed by atoms with Crippen LogP contribution < -0.4 is 10.7 Å². The van der Waals surface area contributed by atoms with E-state index in [0.717, 1.165) is 28.8 Å². The molecular weight excluding hydrogens is 312 g/mol. The van der Waals surface area contributed by atoms with E-state index in [0.29, 0.717) is 11.6 Å². The van der Waals surface area contributed by atoms with E-state index in [1.807, 2.05) is 42.2 Å². The number of hydrogen-bond acceptors (Lipinski definition) is 5. The smallest absolute Gasteiger partial charge is 0.181 e. The SMILES string of the molecule is Cc1cc(CN2C=NN(c3cccc(Cl)c3)C2C=O)ccc1N. The van der Waals surface area contributed by atoms with Crippen LogP contribution in [0.15, 0.2) is 47.6 Å². The Kier molecular flexibility index (Phi) is 4.21. The number of halogens is 1. The summed E-state index contributed by atoms with van der Waals surface area (Å²) >= 11 is 6.02. The summed E-state index contributed by atoms with van der Waals surface area (Å²) in [4.78, 5) is 13.5. The molecule has 0 aromatic heterocycles. The Hall–Kier alpha value is -2.53. The van der Waals surface area contributed by atoms with Gasteiger partial charge in [-0.2, -0.15) is 5.10 Å². The Morgan fingerprint density at radius 3 is 2.83 bits per heavy atom. The summed E-state index contributed by atoms with van der Waals surface area (Å²) in [7, 11) is 0. The van der Waals surface area contributed by atoms with E-state index in [-0.39, 0.29) is 0 Å². The van der Waals surface area contributed by atoms with Crippen LogP contribution in [0.5, 0.6) is 0 Å². The van der Waals surface area contributed by atoms with Gasteiger partial charge in [-0.05, 0) is 42.3 Å². The number of carbonyl (C=O) groups excluding carboxylic acids is 1.